The van der Waals surface area contributed by atoms with Crippen molar-refractivity contribution in [1.82, 2.24) is 14.9 Å². The van der Waals surface area contributed by atoms with Crippen molar-refractivity contribution in [2.75, 3.05) is 32.2 Å². The summed E-state index contributed by atoms with van der Waals surface area (Å²) >= 11 is 1.14. The zero-order valence-corrected chi connectivity index (χ0v) is 22.4. The van der Waals surface area contributed by atoms with E-state index in [0.29, 0.717) is 30.0 Å². The Morgan fingerprint density at radius 1 is 1.34 bits per heavy atom. The number of nitrogens with zero attached hydrogens (tertiary/aromatic N) is 2. The standard InChI is InChI=1S/C27H29FN4O5S/c1-5-6-19-20(16(2)33)9-18(10-21(19)28)23-13-38-26(30-23)31-25(35)22(12-36-4)29-24(34)17-7-8-32(11-17)27(3)14-37-15-27/h5-11,13,22H,12,14-15H2,1-4H3,(H,29,34)(H,30,31,35)/b6-5-. The van der Waals surface area contributed by atoms with Crippen LogP contribution in [0.1, 0.15) is 47.1 Å². The summed E-state index contributed by atoms with van der Waals surface area (Å²) in [6.45, 7) is 6.23. The fourth-order valence-electron chi connectivity index (χ4n) is 4.05. The van der Waals surface area contributed by atoms with E-state index in [9.17, 15) is 18.8 Å². The van der Waals surface area contributed by atoms with Gasteiger partial charge in [0.1, 0.15) is 11.9 Å². The molecule has 0 bridgehead atoms. The molecular weight excluding hydrogens is 511 g/mol. The Morgan fingerprint density at radius 3 is 2.74 bits per heavy atom. The molecule has 1 atom stereocenters. The monoisotopic (exact) mass is 540 g/mol. The van der Waals surface area contributed by atoms with Crippen LogP contribution in [0.4, 0.5) is 9.52 Å². The number of allylic oxidation sites excluding steroid dienone is 1. The molecule has 11 heteroatoms. The van der Waals surface area contributed by atoms with E-state index in [-0.39, 0.29) is 34.2 Å². The lowest BCUT2D eigenvalue weighted by atomic mass is 9.99. The second-order valence-corrected chi connectivity index (χ2v) is 10.1. The molecule has 1 aliphatic rings. The van der Waals surface area contributed by atoms with Gasteiger partial charge < -0.3 is 24.7 Å². The van der Waals surface area contributed by atoms with Crippen LogP contribution in [-0.2, 0) is 19.8 Å². The molecule has 2 aromatic heterocycles. The van der Waals surface area contributed by atoms with Gasteiger partial charge in [0.25, 0.3) is 11.8 Å². The van der Waals surface area contributed by atoms with Crippen molar-refractivity contribution in [1.29, 1.82) is 0 Å². The number of carbonyl (C=O) groups excluding carboxylic acids is 3. The van der Waals surface area contributed by atoms with Crippen LogP contribution in [-0.4, -0.2) is 60.1 Å². The second-order valence-electron chi connectivity index (χ2n) is 9.28. The minimum Gasteiger partial charge on any atom is -0.382 e. The fraction of sp³-hybridized carbons (Fsp3) is 0.333. The van der Waals surface area contributed by atoms with Gasteiger partial charge in [-0.1, -0.05) is 12.2 Å². The number of aromatic nitrogens is 2. The minimum atomic E-state index is -0.979. The summed E-state index contributed by atoms with van der Waals surface area (Å²) in [7, 11) is 1.43. The summed E-state index contributed by atoms with van der Waals surface area (Å²) < 4.78 is 27.1. The number of anilines is 1. The predicted octanol–water partition coefficient (Wildman–Crippen LogP) is 4.12. The maximum Gasteiger partial charge on any atom is 0.253 e. The lowest BCUT2D eigenvalue weighted by Crippen LogP contribution is -2.48. The Hall–Kier alpha value is -3.67. The first-order chi connectivity index (χ1) is 18.1. The molecule has 9 nitrogen and oxygen atoms in total. The van der Waals surface area contributed by atoms with Gasteiger partial charge in [-0.3, -0.25) is 14.4 Å². The molecular formula is C27H29FN4O5S. The highest BCUT2D eigenvalue weighted by atomic mass is 32.1. The average molecular weight is 541 g/mol. The van der Waals surface area contributed by atoms with E-state index in [2.05, 4.69) is 15.6 Å². The molecule has 3 aromatic rings. The maximum atomic E-state index is 14.7. The number of hydrogen-bond acceptors (Lipinski definition) is 7. The number of nitrogens with one attached hydrogen (secondary N) is 2. The van der Waals surface area contributed by atoms with Crippen molar-refractivity contribution in [2.45, 2.75) is 32.4 Å². The highest BCUT2D eigenvalue weighted by Crippen LogP contribution is 2.30. The van der Waals surface area contributed by atoms with Gasteiger partial charge in [-0.05, 0) is 39.0 Å². The number of carbonyl (C=O) groups is 3. The number of thiazole rings is 1. The van der Waals surface area contributed by atoms with Gasteiger partial charge in [0.15, 0.2) is 10.9 Å². The zero-order valence-electron chi connectivity index (χ0n) is 21.5. The number of ketones is 1. The highest BCUT2D eigenvalue weighted by molar-refractivity contribution is 7.14. The van der Waals surface area contributed by atoms with Crippen molar-refractivity contribution in [3.63, 3.8) is 0 Å². The third kappa shape index (κ3) is 5.74. The predicted molar refractivity (Wildman–Crippen MR) is 143 cm³/mol. The first-order valence-electron chi connectivity index (χ1n) is 11.9. The summed E-state index contributed by atoms with van der Waals surface area (Å²) in [6.07, 6.45) is 6.74. The van der Waals surface area contributed by atoms with Crippen LogP contribution in [0.25, 0.3) is 17.3 Å². The number of methoxy groups -OCH3 is 1. The fourth-order valence-corrected chi connectivity index (χ4v) is 4.78. The van der Waals surface area contributed by atoms with E-state index >= 15 is 0 Å². The molecule has 1 unspecified atom stereocenters. The molecule has 38 heavy (non-hydrogen) atoms. The third-order valence-corrected chi connectivity index (χ3v) is 6.99. The van der Waals surface area contributed by atoms with E-state index in [0.717, 1.165) is 11.3 Å². The molecule has 0 radical (unpaired) electrons. The Bertz CT molecular complexity index is 1390. The van der Waals surface area contributed by atoms with Crippen LogP contribution in [0.3, 0.4) is 0 Å². The van der Waals surface area contributed by atoms with E-state index in [1.54, 1.807) is 42.8 Å². The third-order valence-electron chi connectivity index (χ3n) is 6.23. The Kier molecular flexibility index (Phi) is 8.20. The molecule has 4 rings (SSSR count). The molecule has 1 saturated heterocycles. The molecule has 200 valence electrons. The van der Waals surface area contributed by atoms with Gasteiger partial charge in [0, 0.05) is 41.6 Å². The lowest BCUT2D eigenvalue weighted by Gasteiger charge is -2.39. The van der Waals surface area contributed by atoms with Gasteiger partial charge in [-0.25, -0.2) is 9.37 Å². The van der Waals surface area contributed by atoms with Gasteiger partial charge in [-0.2, -0.15) is 0 Å². The molecule has 2 amide bonds. The largest absolute Gasteiger partial charge is 0.382 e. The molecule has 2 N–H and O–H groups in total. The van der Waals surface area contributed by atoms with Gasteiger partial charge in [-0.15, -0.1) is 11.3 Å². The summed E-state index contributed by atoms with van der Waals surface area (Å²) in [4.78, 5) is 42.3. The highest BCUT2D eigenvalue weighted by Gasteiger charge is 2.35. The summed E-state index contributed by atoms with van der Waals surface area (Å²) in [5, 5.41) is 7.30. The van der Waals surface area contributed by atoms with Crippen LogP contribution in [0.15, 0.2) is 42.0 Å². The van der Waals surface area contributed by atoms with E-state index in [1.165, 1.54) is 20.1 Å². The Morgan fingerprint density at radius 2 is 2.11 bits per heavy atom. The van der Waals surface area contributed by atoms with Crippen LogP contribution < -0.4 is 10.6 Å². The molecule has 1 aromatic carbocycles. The summed E-state index contributed by atoms with van der Waals surface area (Å²) in [5.41, 5.74) is 1.50. The minimum absolute atomic E-state index is 0.0539. The van der Waals surface area contributed by atoms with Crippen LogP contribution in [0.2, 0.25) is 0 Å². The number of benzene rings is 1. The second kappa shape index (κ2) is 11.4. The lowest BCUT2D eigenvalue weighted by molar-refractivity contribution is -0.119. The summed E-state index contributed by atoms with van der Waals surface area (Å²) in [6, 6.07) is 3.59. The van der Waals surface area contributed by atoms with E-state index in [1.807, 2.05) is 17.7 Å². The van der Waals surface area contributed by atoms with E-state index in [4.69, 9.17) is 9.47 Å². The van der Waals surface area contributed by atoms with Crippen molar-refractivity contribution < 1.29 is 28.2 Å². The first-order valence-corrected chi connectivity index (χ1v) is 12.8. The van der Waals surface area contributed by atoms with Crippen molar-refractivity contribution in [3.05, 3.63) is 64.6 Å². The normalized spacial score (nSPS) is 15.2. The topological polar surface area (TPSA) is 112 Å². The number of ether oxygens (including phenoxy) is 2. The summed E-state index contributed by atoms with van der Waals surface area (Å²) in [5.74, 6) is -1.75. The molecule has 3 heterocycles. The van der Waals surface area contributed by atoms with Crippen LogP contribution >= 0.6 is 11.3 Å². The van der Waals surface area contributed by atoms with Crippen molar-refractivity contribution >= 4 is 40.1 Å². The maximum absolute atomic E-state index is 14.7. The van der Waals surface area contributed by atoms with Gasteiger partial charge >= 0.3 is 0 Å². The molecule has 0 saturated carbocycles. The molecule has 1 fully saturated rings. The van der Waals surface area contributed by atoms with E-state index < -0.39 is 23.7 Å². The molecule has 0 spiro atoms. The first kappa shape index (κ1) is 27.4. The van der Waals surface area contributed by atoms with Gasteiger partial charge in [0.2, 0.25) is 0 Å². The smallest absolute Gasteiger partial charge is 0.253 e. The average Bonchev–Trinajstić information content (AvgIpc) is 3.54. The SMILES string of the molecule is C/C=C\c1c(F)cc(-c2csc(NC(=O)C(COC)NC(=O)c3ccn(C4(C)COC4)c3)n2)cc1C(C)=O. The van der Waals surface area contributed by atoms with Crippen molar-refractivity contribution in [3.8, 4) is 11.3 Å². The molecule has 0 aliphatic carbocycles. The quantitative estimate of drug-likeness (QED) is 0.375. The number of hydrogen-bond donors (Lipinski definition) is 2. The van der Waals surface area contributed by atoms with Crippen LogP contribution in [0, 0.1) is 5.82 Å². The van der Waals surface area contributed by atoms with Crippen LogP contribution in [0.5, 0.6) is 0 Å². The van der Waals surface area contributed by atoms with Gasteiger partial charge in [0.05, 0.1) is 36.6 Å². The number of rotatable bonds is 10. The molecule has 1 aliphatic heterocycles. The zero-order chi connectivity index (χ0) is 27.4. The van der Waals surface area contributed by atoms with Crippen molar-refractivity contribution in [2.24, 2.45) is 0 Å². The number of Topliss-reactive ketones (excluding diaryl/α,β-unsaturated/α-hetero) is 1. The Balaban J connectivity index is 1.47. The number of halogens is 1. The number of amides is 2. The Labute approximate surface area is 223 Å².